The minimum Gasteiger partial charge on any atom is -0.404 e. The Hall–Kier alpha value is -0.870. The van der Waals surface area contributed by atoms with Gasteiger partial charge < -0.3 is 4.74 Å². The van der Waals surface area contributed by atoms with Crippen molar-refractivity contribution >= 4 is 30.6 Å². The molecule has 0 aliphatic heterocycles. The Labute approximate surface area is 130 Å². The fraction of sp³-hybridized carbons (Fsp3) is 0.400. The lowest BCUT2D eigenvalue weighted by Crippen LogP contribution is -2.20. The van der Waals surface area contributed by atoms with E-state index in [4.69, 9.17) is 0 Å². The van der Waals surface area contributed by atoms with Gasteiger partial charge in [-0.2, -0.15) is 8.42 Å². The fourth-order valence-corrected chi connectivity index (χ4v) is 3.71. The summed E-state index contributed by atoms with van der Waals surface area (Å²) in [4.78, 5) is -0.728. The van der Waals surface area contributed by atoms with Crippen LogP contribution < -0.4 is 4.74 Å². The molecule has 0 aromatic heterocycles. The lowest BCUT2D eigenvalue weighted by atomic mass is 10.3. The van der Waals surface area contributed by atoms with Gasteiger partial charge in [0.25, 0.3) is 0 Å². The van der Waals surface area contributed by atoms with Crippen LogP contribution in [0.3, 0.4) is 0 Å². The second kappa shape index (κ2) is 8.11. The molecule has 0 spiro atoms. The normalized spacial score (nSPS) is 12.5. The number of rotatable bonds is 8. The fourth-order valence-electron chi connectivity index (χ4n) is 1.38. The molecular formula is C10H10F3O6PS2. The third-order valence-corrected chi connectivity index (χ3v) is 4.63. The zero-order valence-corrected chi connectivity index (χ0v) is 13.5. The van der Waals surface area contributed by atoms with Crippen LogP contribution in [0, 0.1) is 0 Å². The Kier molecular flexibility index (Phi) is 7.07. The Morgan fingerprint density at radius 1 is 1.32 bits per heavy atom. The lowest BCUT2D eigenvalue weighted by Gasteiger charge is -2.15. The van der Waals surface area contributed by atoms with E-state index in [0.717, 1.165) is 17.8 Å². The summed E-state index contributed by atoms with van der Waals surface area (Å²) in [6.07, 6.45) is -5.07. The first-order valence-corrected chi connectivity index (χ1v) is 8.69. The van der Waals surface area contributed by atoms with E-state index in [1.165, 1.54) is 12.1 Å². The van der Waals surface area contributed by atoms with Crippen molar-refractivity contribution in [2.75, 3.05) is 12.5 Å². The minimum atomic E-state index is -5.07. The van der Waals surface area contributed by atoms with Crippen molar-refractivity contribution in [1.29, 1.82) is 0 Å². The highest BCUT2D eigenvalue weighted by molar-refractivity contribution is 8.00. The molecule has 0 bridgehead atoms. The second-order valence-corrected chi connectivity index (χ2v) is 6.72. The van der Waals surface area contributed by atoms with Gasteiger partial charge in [-0.15, -0.1) is 24.9 Å². The second-order valence-electron chi connectivity index (χ2n) is 3.46. The maximum atomic E-state index is 12.4. The number of halogens is 3. The summed E-state index contributed by atoms with van der Waals surface area (Å²) in [5, 5.41) is 0. The molecule has 22 heavy (non-hydrogen) atoms. The van der Waals surface area contributed by atoms with Gasteiger partial charge >= 0.3 is 25.2 Å². The Morgan fingerprint density at radius 2 is 2.00 bits per heavy atom. The highest BCUT2D eigenvalue weighted by Crippen LogP contribution is 2.37. The molecule has 0 saturated carbocycles. The molecule has 0 saturated heterocycles. The van der Waals surface area contributed by atoms with Crippen LogP contribution in [0.4, 0.5) is 13.2 Å². The molecule has 0 aliphatic rings. The van der Waals surface area contributed by atoms with Gasteiger partial charge in [-0.3, -0.25) is 4.52 Å². The average molecular weight is 378 g/mol. The Balaban J connectivity index is 3.30. The predicted molar refractivity (Wildman–Crippen MR) is 71.4 cm³/mol. The molecule has 1 aromatic carbocycles. The Bertz CT molecular complexity index is 620. The number of alkyl halides is 3. The molecule has 0 heterocycles. The first kappa shape index (κ1) is 19.2. The summed E-state index contributed by atoms with van der Waals surface area (Å²) in [7, 11) is -5.43. The standard InChI is InChI=1S/C10H10F3O6PS2/c1-2-21-8-5-3-4-7(19-10(11,12)13)9(8)22(15,16)18-6-17-20-14/h3-5H,2,6H2,1H3. The van der Waals surface area contributed by atoms with Crippen molar-refractivity contribution in [1.82, 2.24) is 0 Å². The highest BCUT2D eigenvalue weighted by Gasteiger charge is 2.35. The van der Waals surface area contributed by atoms with E-state index < -0.39 is 42.6 Å². The summed E-state index contributed by atoms with van der Waals surface area (Å²) in [5.41, 5.74) is 0. The molecule has 1 aromatic rings. The maximum Gasteiger partial charge on any atom is 0.573 e. The molecule has 0 amide bonds. The summed E-state index contributed by atoms with van der Waals surface area (Å²) in [5.74, 6) is -0.501. The third kappa shape index (κ3) is 5.73. The summed E-state index contributed by atoms with van der Waals surface area (Å²) >= 11 is 0.997. The van der Waals surface area contributed by atoms with Gasteiger partial charge in [-0.05, 0) is 17.9 Å². The molecule has 124 valence electrons. The maximum absolute atomic E-state index is 12.4. The van der Waals surface area contributed by atoms with E-state index >= 15 is 0 Å². The molecule has 0 fully saturated rings. The van der Waals surface area contributed by atoms with E-state index in [0.29, 0.717) is 5.75 Å². The largest absolute Gasteiger partial charge is 0.573 e. The van der Waals surface area contributed by atoms with Gasteiger partial charge in [0, 0.05) is 4.90 Å². The molecule has 1 rings (SSSR count). The zero-order chi connectivity index (χ0) is 16.8. The Morgan fingerprint density at radius 3 is 2.55 bits per heavy atom. The number of benzene rings is 1. The van der Waals surface area contributed by atoms with Crippen molar-refractivity contribution in [2.24, 2.45) is 0 Å². The lowest BCUT2D eigenvalue weighted by molar-refractivity contribution is -0.275. The molecule has 0 unspecified atom stereocenters. The van der Waals surface area contributed by atoms with Gasteiger partial charge in [0.05, 0.1) is 0 Å². The molecular weight excluding hydrogens is 368 g/mol. The SMILES string of the molecule is CCSc1cccc(OC(F)(F)F)c1S(=O)(=O)OCOP=O. The zero-order valence-electron chi connectivity index (χ0n) is 11.0. The molecule has 0 aliphatic carbocycles. The first-order chi connectivity index (χ1) is 10.2. The van der Waals surface area contributed by atoms with Crippen LogP contribution in [-0.2, 0) is 23.4 Å². The molecule has 12 heteroatoms. The summed E-state index contributed by atoms with van der Waals surface area (Å²) in [6.45, 7) is 0.780. The van der Waals surface area contributed by atoms with Crippen molar-refractivity contribution in [3.05, 3.63) is 18.2 Å². The van der Waals surface area contributed by atoms with E-state index in [2.05, 4.69) is 13.4 Å². The number of ether oxygens (including phenoxy) is 1. The van der Waals surface area contributed by atoms with E-state index in [9.17, 15) is 26.2 Å². The quantitative estimate of drug-likeness (QED) is 0.225. The van der Waals surface area contributed by atoms with Crippen LogP contribution >= 0.6 is 20.4 Å². The number of hydrogen-bond acceptors (Lipinski definition) is 7. The van der Waals surface area contributed by atoms with Gasteiger partial charge in [0.1, 0.15) is 4.90 Å². The van der Waals surface area contributed by atoms with Gasteiger partial charge in [0.15, 0.2) is 12.5 Å². The molecule has 0 atom stereocenters. The van der Waals surface area contributed by atoms with Crippen LogP contribution in [0.5, 0.6) is 5.75 Å². The number of thioether (sulfide) groups is 1. The predicted octanol–water partition coefficient (Wildman–Crippen LogP) is 3.58. The van der Waals surface area contributed by atoms with Crippen LogP contribution in [0.2, 0.25) is 0 Å². The molecule has 0 radical (unpaired) electrons. The third-order valence-electron chi connectivity index (χ3n) is 2.03. The first-order valence-electron chi connectivity index (χ1n) is 5.57. The van der Waals surface area contributed by atoms with Crippen LogP contribution in [0.1, 0.15) is 6.92 Å². The van der Waals surface area contributed by atoms with E-state index in [1.54, 1.807) is 6.92 Å². The van der Waals surface area contributed by atoms with Crippen molar-refractivity contribution in [2.45, 2.75) is 23.1 Å². The molecule has 6 nitrogen and oxygen atoms in total. The van der Waals surface area contributed by atoms with Gasteiger partial charge in [0.2, 0.25) is 0 Å². The minimum absolute atomic E-state index is 0.0314. The summed E-state index contributed by atoms with van der Waals surface area (Å²) in [6, 6.07) is 3.40. The van der Waals surface area contributed by atoms with E-state index in [1.807, 2.05) is 0 Å². The van der Waals surface area contributed by atoms with Crippen molar-refractivity contribution in [3.8, 4) is 5.75 Å². The van der Waals surface area contributed by atoms with Crippen molar-refractivity contribution < 1.29 is 39.6 Å². The van der Waals surface area contributed by atoms with Crippen molar-refractivity contribution in [3.63, 3.8) is 0 Å². The van der Waals surface area contributed by atoms with Gasteiger partial charge in [-0.1, -0.05) is 13.0 Å². The van der Waals surface area contributed by atoms with Crippen LogP contribution in [0.25, 0.3) is 0 Å². The number of hydrogen-bond donors (Lipinski definition) is 0. The topological polar surface area (TPSA) is 78.9 Å². The van der Waals surface area contributed by atoms with Gasteiger partial charge in [-0.25, -0.2) is 8.75 Å². The monoisotopic (exact) mass is 378 g/mol. The molecule has 0 N–H and O–H groups in total. The highest BCUT2D eigenvalue weighted by atomic mass is 32.2. The smallest absolute Gasteiger partial charge is 0.404 e. The summed E-state index contributed by atoms with van der Waals surface area (Å²) < 4.78 is 83.7. The van der Waals surface area contributed by atoms with E-state index in [-0.39, 0.29) is 4.90 Å². The van der Waals surface area contributed by atoms with Crippen LogP contribution in [0.15, 0.2) is 28.0 Å². The van der Waals surface area contributed by atoms with Crippen LogP contribution in [-0.4, -0.2) is 27.3 Å². The average Bonchev–Trinajstić information content (AvgIpc) is 2.37.